The van der Waals surface area contributed by atoms with Gasteiger partial charge in [0.05, 0.1) is 27.0 Å². The zero-order chi connectivity index (χ0) is 27.4. The molecule has 0 fully saturated rings. The summed E-state index contributed by atoms with van der Waals surface area (Å²) in [6.07, 6.45) is 7.12. The number of oxazole rings is 1. The number of pyridine rings is 1. The number of nitrogens with one attached hydrogen (secondary N) is 1. The van der Waals surface area contributed by atoms with E-state index in [1.165, 1.54) is 29.6 Å². The maximum Gasteiger partial charge on any atom is 0.303 e. The number of nitrogens with zero attached hydrogens (tertiary/aromatic N) is 5. The van der Waals surface area contributed by atoms with Crippen molar-refractivity contribution in [2.45, 2.75) is 19.9 Å². The van der Waals surface area contributed by atoms with E-state index in [1.807, 2.05) is 22.8 Å². The predicted octanol–water partition coefficient (Wildman–Crippen LogP) is 4.17. The van der Waals surface area contributed by atoms with E-state index in [4.69, 9.17) is 14.1 Å². The molecule has 2 amide bonds. The van der Waals surface area contributed by atoms with E-state index in [0.29, 0.717) is 40.8 Å². The molecule has 0 bridgehead atoms. The highest BCUT2D eigenvalue weighted by atomic mass is 32.1. The highest BCUT2D eigenvalue weighted by Crippen LogP contribution is 2.29. The third-order valence-electron chi connectivity index (χ3n) is 5.97. The van der Waals surface area contributed by atoms with Crippen LogP contribution in [0.15, 0.2) is 71.9 Å². The normalized spacial score (nSPS) is 10.9. The number of rotatable bonds is 9. The molecule has 39 heavy (non-hydrogen) atoms. The molecule has 12 heteroatoms. The number of benzene rings is 1. The van der Waals surface area contributed by atoms with Crippen molar-refractivity contribution in [1.29, 1.82) is 0 Å². The van der Waals surface area contributed by atoms with Crippen molar-refractivity contribution in [3.05, 3.63) is 77.9 Å². The van der Waals surface area contributed by atoms with Crippen molar-refractivity contribution >= 4 is 51.8 Å². The number of aryl methyl sites for hydroxylation is 2. The van der Waals surface area contributed by atoms with E-state index >= 15 is 0 Å². The second-order valence-corrected chi connectivity index (χ2v) is 9.67. The molecule has 5 aromatic rings. The van der Waals surface area contributed by atoms with Gasteiger partial charge in [-0.05, 0) is 48.4 Å². The minimum Gasteiger partial charge on any atom is -0.456 e. The standard InChI is InChI=1S/C27H24N6O5S/c1-17(34)37-15-25(35)32(2)19-5-6-21-20(12-19)30-27(33(21)11-9-18-4-3-10-28-13-18)31-26(36)24-8-7-23(39-24)22-14-29-16-38-22/h3-8,10,12-14,16H,9,11,15H2,1-2H3,(H,30,31,36). The Morgan fingerprint density at radius 2 is 2.00 bits per heavy atom. The van der Waals surface area contributed by atoms with Crippen molar-refractivity contribution in [3.63, 3.8) is 0 Å². The van der Waals surface area contributed by atoms with Crippen LogP contribution in [0.3, 0.4) is 0 Å². The lowest BCUT2D eigenvalue weighted by Gasteiger charge is -2.17. The molecule has 11 nitrogen and oxygen atoms in total. The first-order chi connectivity index (χ1) is 18.9. The van der Waals surface area contributed by atoms with Crippen molar-refractivity contribution < 1.29 is 23.5 Å². The second kappa shape index (κ2) is 11.3. The van der Waals surface area contributed by atoms with Gasteiger partial charge in [-0.15, -0.1) is 11.3 Å². The SMILES string of the molecule is CC(=O)OCC(=O)N(C)c1ccc2c(c1)nc(NC(=O)c1ccc(-c3cnco3)s1)n2CCc1cccnc1. The molecule has 0 aliphatic rings. The summed E-state index contributed by atoms with van der Waals surface area (Å²) in [7, 11) is 1.60. The van der Waals surface area contributed by atoms with Crippen molar-refractivity contribution in [3.8, 4) is 10.6 Å². The molecule has 1 N–H and O–H groups in total. The molecule has 0 atom stereocenters. The van der Waals surface area contributed by atoms with E-state index in [9.17, 15) is 14.4 Å². The van der Waals surface area contributed by atoms with Crippen molar-refractivity contribution in [1.82, 2.24) is 19.5 Å². The molecular weight excluding hydrogens is 520 g/mol. The van der Waals surface area contributed by atoms with Gasteiger partial charge in [0.25, 0.3) is 11.8 Å². The molecule has 0 saturated carbocycles. The number of carbonyl (C=O) groups is 3. The van der Waals surface area contributed by atoms with Crippen molar-refractivity contribution in [2.24, 2.45) is 0 Å². The Hall–Kier alpha value is -4.84. The van der Waals surface area contributed by atoms with E-state index in [0.717, 1.165) is 16.0 Å². The summed E-state index contributed by atoms with van der Waals surface area (Å²) in [6, 6.07) is 12.8. The van der Waals surface area contributed by atoms with Gasteiger partial charge in [-0.3, -0.25) is 24.7 Å². The highest BCUT2D eigenvalue weighted by Gasteiger charge is 2.19. The van der Waals surface area contributed by atoms with E-state index < -0.39 is 5.97 Å². The number of anilines is 2. The summed E-state index contributed by atoms with van der Waals surface area (Å²) in [5.41, 5.74) is 2.99. The molecule has 0 aliphatic carbocycles. The van der Waals surface area contributed by atoms with Gasteiger partial charge in [-0.1, -0.05) is 6.07 Å². The van der Waals surface area contributed by atoms with Crippen molar-refractivity contribution in [2.75, 3.05) is 23.9 Å². The number of ether oxygens (including phenoxy) is 1. The minimum absolute atomic E-state index is 0.308. The van der Waals surface area contributed by atoms with Gasteiger partial charge in [0, 0.05) is 38.6 Å². The quantitative estimate of drug-likeness (QED) is 0.274. The molecule has 5 rings (SSSR count). The first kappa shape index (κ1) is 25.8. The van der Waals surface area contributed by atoms with Crippen LogP contribution < -0.4 is 10.2 Å². The number of likely N-dealkylation sites (N-methyl/N-ethyl adjacent to an activating group) is 1. The molecule has 0 saturated heterocycles. The van der Waals surface area contributed by atoms with E-state index in [-0.39, 0.29) is 18.4 Å². The van der Waals surface area contributed by atoms with Crippen LogP contribution in [0.25, 0.3) is 21.7 Å². The fourth-order valence-electron chi connectivity index (χ4n) is 3.93. The summed E-state index contributed by atoms with van der Waals surface area (Å²) in [4.78, 5) is 52.2. The molecular formula is C27H24N6O5S. The number of fused-ring (bicyclic) bond motifs is 1. The van der Waals surface area contributed by atoms with Crippen LogP contribution in [0.4, 0.5) is 11.6 Å². The lowest BCUT2D eigenvalue weighted by molar-refractivity contribution is -0.145. The third kappa shape index (κ3) is 5.85. The number of imidazole rings is 1. The van der Waals surface area contributed by atoms with Crippen LogP contribution in [0.2, 0.25) is 0 Å². The zero-order valence-corrected chi connectivity index (χ0v) is 22.0. The Bertz CT molecular complexity index is 1630. The molecule has 198 valence electrons. The first-order valence-corrected chi connectivity index (χ1v) is 12.8. The Kier molecular flexibility index (Phi) is 7.46. The lowest BCUT2D eigenvalue weighted by atomic mass is 10.2. The van der Waals surface area contributed by atoms with E-state index in [2.05, 4.69) is 15.3 Å². The third-order valence-corrected chi connectivity index (χ3v) is 7.07. The molecule has 0 spiro atoms. The average molecular weight is 545 g/mol. The number of amides is 2. The van der Waals surface area contributed by atoms with Crippen LogP contribution in [0.1, 0.15) is 22.2 Å². The molecule has 0 unspecified atom stereocenters. The number of carbonyl (C=O) groups excluding carboxylic acids is 3. The van der Waals surface area contributed by atoms with Crippen LogP contribution in [0, 0.1) is 0 Å². The number of aromatic nitrogens is 4. The number of hydrogen-bond donors (Lipinski definition) is 1. The first-order valence-electron chi connectivity index (χ1n) is 12.0. The molecule has 0 radical (unpaired) electrons. The summed E-state index contributed by atoms with van der Waals surface area (Å²) >= 11 is 1.29. The minimum atomic E-state index is -0.529. The van der Waals surface area contributed by atoms with Gasteiger partial charge in [0.1, 0.15) is 0 Å². The van der Waals surface area contributed by atoms with Gasteiger partial charge < -0.3 is 18.6 Å². The monoisotopic (exact) mass is 544 g/mol. The Morgan fingerprint density at radius 3 is 2.74 bits per heavy atom. The van der Waals surface area contributed by atoms with Gasteiger partial charge in [0.15, 0.2) is 18.8 Å². The number of hydrogen-bond acceptors (Lipinski definition) is 9. The fraction of sp³-hybridized carbons (Fsp3) is 0.185. The molecule has 0 aliphatic heterocycles. The largest absolute Gasteiger partial charge is 0.456 e. The molecule has 4 heterocycles. The van der Waals surface area contributed by atoms with Gasteiger partial charge >= 0.3 is 5.97 Å². The maximum absolute atomic E-state index is 13.2. The maximum atomic E-state index is 13.2. The Morgan fingerprint density at radius 1 is 1.13 bits per heavy atom. The van der Waals surface area contributed by atoms with E-state index in [1.54, 1.807) is 49.9 Å². The topological polar surface area (TPSA) is 132 Å². The summed E-state index contributed by atoms with van der Waals surface area (Å²) in [5, 5.41) is 2.94. The van der Waals surface area contributed by atoms with Gasteiger partial charge in [-0.2, -0.15) is 0 Å². The summed E-state index contributed by atoms with van der Waals surface area (Å²) in [6.45, 7) is 1.42. The van der Waals surface area contributed by atoms with Crippen LogP contribution in [0.5, 0.6) is 0 Å². The van der Waals surface area contributed by atoms with Gasteiger partial charge in [-0.25, -0.2) is 9.97 Å². The van der Waals surface area contributed by atoms with Crippen LogP contribution in [-0.2, 0) is 27.3 Å². The zero-order valence-electron chi connectivity index (χ0n) is 21.2. The molecule has 4 aromatic heterocycles. The predicted molar refractivity (Wildman–Crippen MR) is 145 cm³/mol. The lowest BCUT2D eigenvalue weighted by Crippen LogP contribution is -2.30. The fourth-order valence-corrected chi connectivity index (χ4v) is 4.79. The van der Waals surface area contributed by atoms with Gasteiger partial charge in [0.2, 0.25) is 5.95 Å². The van der Waals surface area contributed by atoms with Crippen LogP contribution >= 0.6 is 11.3 Å². The number of thiophene rings is 1. The number of esters is 1. The highest BCUT2D eigenvalue weighted by molar-refractivity contribution is 7.17. The average Bonchev–Trinajstić information content (AvgIpc) is 3.70. The second-order valence-electron chi connectivity index (χ2n) is 8.59. The Labute approximate surface area is 227 Å². The summed E-state index contributed by atoms with van der Waals surface area (Å²) in [5.74, 6) is -0.257. The van der Waals surface area contributed by atoms with Crippen LogP contribution in [-0.4, -0.2) is 51.0 Å². The summed E-state index contributed by atoms with van der Waals surface area (Å²) < 4.78 is 12.1. The smallest absolute Gasteiger partial charge is 0.303 e. The Balaban J connectivity index is 1.43. The molecule has 1 aromatic carbocycles.